The number of carbonyl (C=O) groups is 1. The molecule has 0 bridgehead atoms. The number of ether oxygens (including phenoxy) is 1. The number of hydrogen-bond donors (Lipinski definition) is 5. The van der Waals surface area contributed by atoms with E-state index in [1.165, 1.54) is 6.33 Å². The fraction of sp³-hybridized carbons (Fsp3) is 0.304. The summed E-state index contributed by atoms with van der Waals surface area (Å²) in [7, 11) is -1.24. The van der Waals surface area contributed by atoms with Crippen molar-refractivity contribution in [2.45, 2.75) is 24.0 Å². The van der Waals surface area contributed by atoms with Crippen LogP contribution in [0.2, 0.25) is 0 Å². The Morgan fingerprint density at radius 3 is 2.58 bits per heavy atom. The molecule has 3 heterocycles. The number of aromatic nitrogens is 4. The fourth-order valence-electron chi connectivity index (χ4n) is 4.77. The second-order valence-electron chi connectivity index (χ2n) is 9.02. The summed E-state index contributed by atoms with van der Waals surface area (Å²) in [6.07, 6.45) is -2.91. The lowest BCUT2D eigenvalue weighted by molar-refractivity contribution is -0.112. The smallest absolute Gasteiger partial charge is 0.387 e. The topological polar surface area (TPSA) is 206 Å². The molecule has 4 unspecified atom stereocenters. The number of fused-ring (bicyclic) bond motifs is 2. The van der Waals surface area contributed by atoms with Gasteiger partial charge in [-0.2, -0.15) is 0 Å². The van der Waals surface area contributed by atoms with Gasteiger partial charge in [-0.15, -0.1) is 0 Å². The molecule has 5 rings (SSSR count). The van der Waals surface area contributed by atoms with Gasteiger partial charge in [0.2, 0.25) is 11.5 Å². The highest BCUT2D eigenvalue weighted by atomic mass is 31.2. The third-order valence-electron chi connectivity index (χ3n) is 6.51. The average Bonchev–Trinajstić information content (AvgIpc) is 3.42. The standard InChI is InChI=1S/C23H25N6O8P/c1-28(2)15-8-4-5-12-13(15)6-3-7-14(12)19(31)23(29-11-27-17-21(24)25-10-26-22(17)29)20(32)18(30)16(37-23)9-36-38(33,34)35/h3-8,10-11,16,18,20,30,32H,9H2,1-2H3,(H2,24,25,26)(H2,33,34,35). The van der Waals surface area contributed by atoms with E-state index in [1.807, 2.05) is 31.1 Å². The summed E-state index contributed by atoms with van der Waals surface area (Å²) in [5.41, 5.74) is 4.70. The van der Waals surface area contributed by atoms with Crippen LogP contribution in [0, 0.1) is 0 Å². The first-order valence-corrected chi connectivity index (χ1v) is 12.9. The van der Waals surface area contributed by atoms with Gasteiger partial charge < -0.3 is 35.4 Å². The molecule has 6 N–H and O–H groups in total. The summed E-state index contributed by atoms with van der Waals surface area (Å²) in [5.74, 6) is -0.757. The van der Waals surface area contributed by atoms with Crippen LogP contribution in [0.15, 0.2) is 49.1 Å². The average molecular weight is 544 g/mol. The first kappa shape index (κ1) is 26.1. The quantitative estimate of drug-likeness (QED) is 0.158. The lowest BCUT2D eigenvalue weighted by atomic mass is 9.90. The normalized spacial score (nSPS) is 23.8. The number of rotatable bonds is 7. The third kappa shape index (κ3) is 4.12. The predicted octanol–water partition coefficient (Wildman–Crippen LogP) is 0.393. The number of aliphatic hydroxyl groups excluding tert-OH is 2. The molecule has 38 heavy (non-hydrogen) atoms. The molecule has 2 aromatic heterocycles. The van der Waals surface area contributed by atoms with E-state index in [1.54, 1.807) is 24.3 Å². The van der Waals surface area contributed by atoms with Crippen LogP contribution in [-0.4, -0.2) is 84.3 Å². The van der Waals surface area contributed by atoms with Gasteiger partial charge in [0.25, 0.3) is 0 Å². The van der Waals surface area contributed by atoms with Gasteiger partial charge in [0.15, 0.2) is 11.5 Å². The van der Waals surface area contributed by atoms with Gasteiger partial charge in [-0.1, -0.05) is 30.3 Å². The number of phosphoric acid groups is 1. The number of hydrogen-bond acceptors (Lipinski definition) is 11. The fourth-order valence-corrected chi connectivity index (χ4v) is 5.12. The molecule has 200 valence electrons. The zero-order valence-electron chi connectivity index (χ0n) is 20.2. The molecule has 4 atom stereocenters. The number of anilines is 2. The maximum atomic E-state index is 14.5. The zero-order valence-corrected chi connectivity index (χ0v) is 21.1. The monoisotopic (exact) mass is 544 g/mol. The lowest BCUT2D eigenvalue weighted by Crippen LogP contribution is -2.51. The van der Waals surface area contributed by atoms with Crippen molar-refractivity contribution in [2.75, 3.05) is 31.3 Å². The molecule has 1 aliphatic rings. The summed E-state index contributed by atoms with van der Waals surface area (Å²) in [4.78, 5) is 46.9. The van der Waals surface area contributed by atoms with Crippen LogP contribution in [0.3, 0.4) is 0 Å². The number of nitrogens with zero attached hydrogens (tertiary/aromatic N) is 5. The Hall–Kier alpha value is -3.49. The van der Waals surface area contributed by atoms with E-state index < -0.39 is 44.2 Å². The molecule has 1 aliphatic heterocycles. The summed E-state index contributed by atoms with van der Waals surface area (Å²) >= 11 is 0. The molecule has 15 heteroatoms. The van der Waals surface area contributed by atoms with Crippen molar-refractivity contribution >= 4 is 47.0 Å². The number of nitrogen functional groups attached to an aromatic ring is 1. The molecular formula is C23H25N6O8P. The number of benzene rings is 2. The third-order valence-corrected chi connectivity index (χ3v) is 7.00. The number of Topliss-reactive ketones (excluding diaryl/α,β-unsaturated/α-hetero) is 1. The lowest BCUT2D eigenvalue weighted by Gasteiger charge is -2.32. The number of carbonyl (C=O) groups excluding carboxylic acids is 1. The van der Waals surface area contributed by atoms with E-state index in [4.69, 9.17) is 20.3 Å². The predicted molar refractivity (Wildman–Crippen MR) is 135 cm³/mol. The van der Waals surface area contributed by atoms with E-state index in [0.29, 0.717) is 5.39 Å². The maximum Gasteiger partial charge on any atom is 0.469 e. The molecular weight excluding hydrogens is 519 g/mol. The molecule has 4 aromatic rings. The highest BCUT2D eigenvalue weighted by Crippen LogP contribution is 2.44. The van der Waals surface area contributed by atoms with Crippen molar-refractivity contribution in [3.63, 3.8) is 0 Å². The number of nitrogens with two attached hydrogens (primary N) is 1. The Balaban J connectivity index is 1.73. The minimum atomic E-state index is -4.96. The van der Waals surface area contributed by atoms with Crippen LogP contribution in [0.25, 0.3) is 21.9 Å². The Bertz CT molecular complexity index is 1590. The second kappa shape index (κ2) is 9.36. The SMILES string of the molecule is CN(C)c1cccc2c(C(=O)C3(n4cnc5c(N)ncnc54)OC(COP(=O)(O)O)C(O)C3O)cccc12. The summed E-state index contributed by atoms with van der Waals surface area (Å²) in [6, 6.07) is 10.5. The summed E-state index contributed by atoms with van der Waals surface area (Å²) in [6.45, 7) is -0.818. The Kier molecular flexibility index (Phi) is 6.44. The molecule has 1 saturated heterocycles. The van der Waals surface area contributed by atoms with Crippen LogP contribution in [0.4, 0.5) is 11.5 Å². The largest absolute Gasteiger partial charge is 0.469 e. The Morgan fingerprint density at radius 2 is 1.87 bits per heavy atom. The van der Waals surface area contributed by atoms with Crippen LogP contribution < -0.4 is 10.6 Å². The number of imidazole rings is 1. The van der Waals surface area contributed by atoms with Gasteiger partial charge in [-0.25, -0.2) is 19.5 Å². The van der Waals surface area contributed by atoms with Crippen molar-refractivity contribution in [1.82, 2.24) is 19.5 Å². The highest BCUT2D eigenvalue weighted by Gasteiger charge is 2.61. The first-order valence-electron chi connectivity index (χ1n) is 11.4. The number of phosphoric ester groups is 1. The molecule has 1 fully saturated rings. The van der Waals surface area contributed by atoms with E-state index in [9.17, 15) is 19.6 Å². The van der Waals surface area contributed by atoms with Gasteiger partial charge >= 0.3 is 7.82 Å². The minimum absolute atomic E-state index is 0.00607. The van der Waals surface area contributed by atoms with Crippen LogP contribution in [0.1, 0.15) is 10.4 Å². The molecule has 0 spiro atoms. The molecule has 0 radical (unpaired) electrons. The number of aliphatic hydroxyl groups is 2. The molecule has 14 nitrogen and oxygen atoms in total. The molecule has 0 amide bonds. The van der Waals surface area contributed by atoms with E-state index >= 15 is 0 Å². The van der Waals surface area contributed by atoms with Crippen molar-refractivity contribution in [3.8, 4) is 0 Å². The van der Waals surface area contributed by atoms with Crippen molar-refractivity contribution in [2.24, 2.45) is 0 Å². The van der Waals surface area contributed by atoms with Crippen molar-refractivity contribution in [1.29, 1.82) is 0 Å². The van der Waals surface area contributed by atoms with Gasteiger partial charge in [-0.3, -0.25) is 13.9 Å². The van der Waals surface area contributed by atoms with Crippen LogP contribution >= 0.6 is 7.82 Å². The van der Waals surface area contributed by atoms with Crippen molar-refractivity contribution < 1.29 is 38.6 Å². The van der Waals surface area contributed by atoms with Gasteiger partial charge in [0.05, 0.1) is 6.61 Å². The maximum absolute atomic E-state index is 14.5. The van der Waals surface area contributed by atoms with Crippen LogP contribution in [-0.2, 0) is 19.6 Å². The van der Waals surface area contributed by atoms with E-state index in [2.05, 4.69) is 19.5 Å². The Labute approximate surface area is 215 Å². The van der Waals surface area contributed by atoms with Gasteiger partial charge in [0.1, 0.15) is 36.5 Å². The molecule has 0 aliphatic carbocycles. The second-order valence-corrected chi connectivity index (χ2v) is 10.3. The van der Waals surface area contributed by atoms with Crippen LogP contribution in [0.5, 0.6) is 0 Å². The molecule has 2 aromatic carbocycles. The highest BCUT2D eigenvalue weighted by molar-refractivity contribution is 7.46. The van der Waals surface area contributed by atoms with Crippen molar-refractivity contribution in [3.05, 3.63) is 54.6 Å². The number of ketones is 1. The Morgan fingerprint density at radius 1 is 1.16 bits per heavy atom. The van der Waals surface area contributed by atoms with E-state index in [-0.39, 0.29) is 22.5 Å². The molecule has 0 saturated carbocycles. The first-order chi connectivity index (χ1) is 18.0. The van der Waals surface area contributed by atoms with E-state index in [0.717, 1.165) is 22.0 Å². The zero-order chi connectivity index (χ0) is 27.4. The van der Waals surface area contributed by atoms with Gasteiger partial charge in [-0.05, 0) is 11.5 Å². The van der Waals surface area contributed by atoms with Gasteiger partial charge in [0, 0.05) is 30.7 Å². The minimum Gasteiger partial charge on any atom is -0.387 e. The summed E-state index contributed by atoms with van der Waals surface area (Å²) < 4.78 is 23.0. The summed E-state index contributed by atoms with van der Waals surface area (Å²) in [5, 5.41) is 23.6.